The van der Waals surface area contributed by atoms with E-state index in [-0.39, 0.29) is 6.04 Å². The highest BCUT2D eigenvalue weighted by atomic mass is 32.2. The number of hydrogen-bond acceptors (Lipinski definition) is 4. The third-order valence-electron chi connectivity index (χ3n) is 3.01. The van der Waals surface area contributed by atoms with E-state index in [1.165, 1.54) is 0 Å². The van der Waals surface area contributed by atoms with Crippen LogP contribution in [0, 0.1) is 0 Å². The molecule has 0 aromatic heterocycles. The Morgan fingerprint density at radius 3 is 2.55 bits per heavy atom. The molecular formula is C14H24N2O3S. The van der Waals surface area contributed by atoms with E-state index in [1.54, 1.807) is 19.2 Å². The molecule has 20 heavy (non-hydrogen) atoms. The summed E-state index contributed by atoms with van der Waals surface area (Å²) in [5, 5.41) is 3.15. The van der Waals surface area contributed by atoms with Gasteiger partial charge in [0.25, 0.3) is 0 Å². The van der Waals surface area contributed by atoms with Crippen molar-refractivity contribution in [1.82, 2.24) is 10.0 Å². The van der Waals surface area contributed by atoms with Gasteiger partial charge < -0.3 is 10.1 Å². The van der Waals surface area contributed by atoms with Gasteiger partial charge in [0.15, 0.2) is 0 Å². The van der Waals surface area contributed by atoms with Crippen LogP contribution in [-0.4, -0.2) is 34.7 Å². The van der Waals surface area contributed by atoms with Crippen molar-refractivity contribution in [3.05, 3.63) is 29.8 Å². The fourth-order valence-corrected chi connectivity index (χ4v) is 3.43. The lowest BCUT2D eigenvalue weighted by Crippen LogP contribution is -2.38. The Bertz CT molecular complexity index is 503. The van der Waals surface area contributed by atoms with Gasteiger partial charge in [0.2, 0.25) is 10.0 Å². The first kappa shape index (κ1) is 17.1. The Balaban J connectivity index is 2.96. The molecule has 0 fully saturated rings. The molecule has 1 aromatic carbocycles. The predicted molar refractivity (Wildman–Crippen MR) is 80.1 cm³/mol. The van der Waals surface area contributed by atoms with Gasteiger partial charge in [0, 0.05) is 19.7 Å². The molecule has 0 radical (unpaired) electrons. The molecule has 0 saturated heterocycles. The van der Waals surface area contributed by atoms with Gasteiger partial charge in [-0.1, -0.05) is 32.0 Å². The summed E-state index contributed by atoms with van der Waals surface area (Å²) in [7, 11) is -1.96. The molecule has 0 aliphatic rings. The Kier molecular flexibility index (Phi) is 7.15. The van der Waals surface area contributed by atoms with Crippen molar-refractivity contribution in [2.24, 2.45) is 0 Å². The highest BCUT2D eigenvalue weighted by Gasteiger charge is 2.21. The monoisotopic (exact) mass is 300 g/mol. The van der Waals surface area contributed by atoms with E-state index in [1.807, 2.05) is 26.0 Å². The van der Waals surface area contributed by atoms with Crippen molar-refractivity contribution >= 4 is 10.0 Å². The molecule has 1 unspecified atom stereocenters. The van der Waals surface area contributed by atoms with Crippen LogP contribution in [0.1, 0.15) is 25.8 Å². The SMILES string of the molecule is CCNCc1ccccc1S(=O)(=O)NC(CC)COC. The van der Waals surface area contributed by atoms with Gasteiger partial charge in [-0.2, -0.15) is 0 Å². The predicted octanol–water partition coefficient (Wildman–Crippen LogP) is 1.50. The molecule has 1 rings (SSSR count). The smallest absolute Gasteiger partial charge is 0.241 e. The first-order valence-corrected chi connectivity index (χ1v) is 8.33. The van der Waals surface area contributed by atoms with Crippen LogP contribution in [0.15, 0.2) is 29.2 Å². The molecule has 2 N–H and O–H groups in total. The molecule has 0 bridgehead atoms. The van der Waals surface area contributed by atoms with Crippen LogP contribution in [0.3, 0.4) is 0 Å². The second kappa shape index (κ2) is 8.36. The highest BCUT2D eigenvalue weighted by molar-refractivity contribution is 7.89. The first-order chi connectivity index (χ1) is 9.55. The van der Waals surface area contributed by atoms with E-state index in [9.17, 15) is 8.42 Å². The van der Waals surface area contributed by atoms with Crippen LogP contribution in [-0.2, 0) is 21.3 Å². The van der Waals surface area contributed by atoms with Crippen molar-refractivity contribution in [1.29, 1.82) is 0 Å². The summed E-state index contributed by atoms with van der Waals surface area (Å²) in [6.07, 6.45) is 0.683. The van der Waals surface area contributed by atoms with Gasteiger partial charge in [0.1, 0.15) is 0 Å². The number of rotatable bonds is 9. The zero-order valence-electron chi connectivity index (χ0n) is 12.3. The van der Waals surface area contributed by atoms with E-state index in [4.69, 9.17) is 4.74 Å². The van der Waals surface area contributed by atoms with Crippen molar-refractivity contribution in [2.75, 3.05) is 20.3 Å². The lowest BCUT2D eigenvalue weighted by molar-refractivity contribution is 0.173. The van der Waals surface area contributed by atoms with E-state index in [0.29, 0.717) is 24.5 Å². The molecule has 0 saturated carbocycles. The molecule has 6 heteroatoms. The van der Waals surface area contributed by atoms with E-state index < -0.39 is 10.0 Å². The average Bonchev–Trinajstić information content (AvgIpc) is 2.44. The van der Waals surface area contributed by atoms with Crippen molar-refractivity contribution < 1.29 is 13.2 Å². The van der Waals surface area contributed by atoms with Crippen molar-refractivity contribution in [2.45, 2.75) is 37.8 Å². The van der Waals surface area contributed by atoms with Gasteiger partial charge in [-0.15, -0.1) is 0 Å². The molecule has 1 atom stereocenters. The molecule has 0 heterocycles. The Hall–Kier alpha value is -0.950. The van der Waals surface area contributed by atoms with E-state index in [2.05, 4.69) is 10.0 Å². The molecule has 0 aliphatic heterocycles. The number of hydrogen-bond donors (Lipinski definition) is 2. The molecule has 5 nitrogen and oxygen atoms in total. The molecule has 1 aromatic rings. The Morgan fingerprint density at radius 2 is 1.95 bits per heavy atom. The van der Waals surface area contributed by atoms with Crippen molar-refractivity contribution in [3.63, 3.8) is 0 Å². The Labute approximate surface area is 121 Å². The van der Waals surface area contributed by atoms with Crippen LogP contribution >= 0.6 is 0 Å². The van der Waals surface area contributed by atoms with Crippen LogP contribution in [0.5, 0.6) is 0 Å². The lowest BCUT2D eigenvalue weighted by atomic mass is 10.2. The largest absolute Gasteiger partial charge is 0.383 e. The number of sulfonamides is 1. The summed E-state index contributed by atoms with van der Waals surface area (Å²) in [5.74, 6) is 0. The summed E-state index contributed by atoms with van der Waals surface area (Å²) >= 11 is 0. The quantitative estimate of drug-likeness (QED) is 0.725. The van der Waals surface area contributed by atoms with Crippen LogP contribution < -0.4 is 10.0 Å². The minimum Gasteiger partial charge on any atom is -0.383 e. The lowest BCUT2D eigenvalue weighted by Gasteiger charge is -2.18. The topological polar surface area (TPSA) is 67.4 Å². The second-order valence-electron chi connectivity index (χ2n) is 4.57. The minimum absolute atomic E-state index is 0.211. The fraction of sp³-hybridized carbons (Fsp3) is 0.571. The zero-order valence-corrected chi connectivity index (χ0v) is 13.2. The number of nitrogens with one attached hydrogen (secondary N) is 2. The summed E-state index contributed by atoms with van der Waals surface area (Å²) in [6.45, 7) is 5.61. The van der Waals surface area contributed by atoms with Crippen LogP contribution in [0.2, 0.25) is 0 Å². The van der Waals surface area contributed by atoms with E-state index >= 15 is 0 Å². The average molecular weight is 300 g/mol. The van der Waals surface area contributed by atoms with Gasteiger partial charge in [-0.3, -0.25) is 0 Å². The second-order valence-corrected chi connectivity index (χ2v) is 6.25. The first-order valence-electron chi connectivity index (χ1n) is 6.85. The standard InChI is InChI=1S/C14H24N2O3S/c1-4-13(11-19-3)16-20(17,18)14-9-7-6-8-12(14)10-15-5-2/h6-9,13,15-16H,4-5,10-11H2,1-3H3. The maximum absolute atomic E-state index is 12.5. The molecule has 0 spiro atoms. The summed E-state index contributed by atoms with van der Waals surface area (Å²) in [6, 6.07) is 6.83. The van der Waals surface area contributed by atoms with Gasteiger partial charge in [-0.05, 0) is 24.6 Å². The fourth-order valence-electron chi connectivity index (χ4n) is 1.89. The summed E-state index contributed by atoms with van der Waals surface area (Å²) in [5.41, 5.74) is 0.772. The van der Waals surface area contributed by atoms with Crippen molar-refractivity contribution in [3.8, 4) is 0 Å². The van der Waals surface area contributed by atoms with Gasteiger partial charge >= 0.3 is 0 Å². The number of methoxy groups -OCH3 is 1. The summed E-state index contributed by atoms with van der Waals surface area (Å²) < 4.78 is 32.7. The highest BCUT2D eigenvalue weighted by Crippen LogP contribution is 2.16. The van der Waals surface area contributed by atoms with Gasteiger partial charge in [0.05, 0.1) is 11.5 Å². The zero-order chi connectivity index (χ0) is 15.0. The van der Waals surface area contributed by atoms with E-state index in [0.717, 1.165) is 12.1 Å². The summed E-state index contributed by atoms with van der Waals surface area (Å²) in [4.78, 5) is 0.329. The Morgan fingerprint density at radius 1 is 1.25 bits per heavy atom. The maximum Gasteiger partial charge on any atom is 0.241 e. The number of benzene rings is 1. The third-order valence-corrected chi connectivity index (χ3v) is 4.63. The molecule has 0 aliphatic carbocycles. The maximum atomic E-state index is 12.5. The molecule has 114 valence electrons. The van der Waals surface area contributed by atoms with Crippen LogP contribution in [0.4, 0.5) is 0 Å². The minimum atomic E-state index is -3.52. The molecule has 0 amide bonds. The number of ether oxygens (including phenoxy) is 1. The normalized spacial score (nSPS) is 13.3. The van der Waals surface area contributed by atoms with Crippen LogP contribution in [0.25, 0.3) is 0 Å². The third kappa shape index (κ3) is 4.86. The van der Waals surface area contributed by atoms with Gasteiger partial charge in [-0.25, -0.2) is 13.1 Å². The molecular weight excluding hydrogens is 276 g/mol.